The van der Waals surface area contributed by atoms with Crippen LogP contribution < -0.4 is 5.32 Å². The molecule has 1 fully saturated rings. The second kappa shape index (κ2) is 6.73. The summed E-state index contributed by atoms with van der Waals surface area (Å²) in [4.78, 5) is 13.8. The Morgan fingerprint density at radius 3 is 3.11 bits per heavy atom. The van der Waals surface area contributed by atoms with Gasteiger partial charge in [0.25, 0.3) is 0 Å². The molecule has 1 aromatic rings. The van der Waals surface area contributed by atoms with Crippen LogP contribution in [0.15, 0.2) is 16.5 Å². The van der Waals surface area contributed by atoms with Crippen LogP contribution in [0.3, 0.4) is 0 Å². The number of carbonyl (C=O) groups excluding carboxylic acids is 1. The summed E-state index contributed by atoms with van der Waals surface area (Å²) < 4.78 is 10.2. The molecule has 1 unspecified atom stereocenters. The van der Waals surface area contributed by atoms with Gasteiger partial charge in [-0.25, -0.2) is 4.79 Å². The molecule has 5 nitrogen and oxygen atoms in total. The van der Waals surface area contributed by atoms with E-state index in [1.807, 2.05) is 13.1 Å². The molecule has 0 aromatic carbocycles. The fraction of sp³-hybridized carbons (Fsp3) is 0.643. The van der Waals surface area contributed by atoms with Crippen molar-refractivity contribution in [2.45, 2.75) is 31.8 Å². The molecule has 0 spiro atoms. The highest BCUT2D eigenvalue weighted by molar-refractivity contribution is 5.86. The third-order valence-electron chi connectivity index (χ3n) is 3.60. The van der Waals surface area contributed by atoms with E-state index in [-0.39, 0.29) is 5.76 Å². The van der Waals surface area contributed by atoms with Gasteiger partial charge in [-0.2, -0.15) is 0 Å². The molecule has 1 N–H and O–H groups in total. The first-order valence-corrected chi connectivity index (χ1v) is 6.80. The Kier molecular flexibility index (Phi) is 4.99. The second-order valence-electron chi connectivity index (χ2n) is 4.94. The van der Waals surface area contributed by atoms with Crippen molar-refractivity contribution < 1.29 is 13.9 Å². The lowest BCUT2D eigenvalue weighted by Crippen LogP contribution is -2.44. The van der Waals surface area contributed by atoms with Crippen molar-refractivity contribution in [3.8, 4) is 0 Å². The maximum Gasteiger partial charge on any atom is 0.373 e. The fourth-order valence-electron chi connectivity index (χ4n) is 2.61. The average Bonchev–Trinajstić information content (AvgIpc) is 2.89. The van der Waals surface area contributed by atoms with Gasteiger partial charge in [-0.15, -0.1) is 0 Å². The van der Waals surface area contributed by atoms with Crippen LogP contribution in [-0.4, -0.2) is 44.2 Å². The van der Waals surface area contributed by atoms with Gasteiger partial charge < -0.3 is 14.5 Å². The smallest absolute Gasteiger partial charge is 0.373 e. The number of nitrogens with one attached hydrogen (secondary N) is 1. The molecule has 1 aliphatic heterocycles. The molecule has 0 aliphatic carbocycles. The molecule has 1 saturated heterocycles. The van der Waals surface area contributed by atoms with Crippen LogP contribution in [0, 0.1) is 0 Å². The molecule has 0 radical (unpaired) electrons. The third kappa shape index (κ3) is 3.58. The molecule has 0 saturated carbocycles. The van der Waals surface area contributed by atoms with E-state index in [4.69, 9.17) is 4.42 Å². The van der Waals surface area contributed by atoms with Gasteiger partial charge in [0.05, 0.1) is 13.7 Å². The van der Waals surface area contributed by atoms with E-state index in [1.54, 1.807) is 6.07 Å². The highest BCUT2D eigenvalue weighted by atomic mass is 16.5. The number of furan rings is 1. The Hall–Kier alpha value is -1.33. The minimum Gasteiger partial charge on any atom is -0.463 e. The monoisotopic (exact) mass is 266 g/mol. The number of piperidine rings is 1. The quantitative estimate of drug-likeness (QED) is 0.821. The van der Waals surface area contributed by atoms with Gasteiger partial charge in [0.1, 0.15) is 5.76 Å². The normalized spacial score (nSPS) is 20.4. The molecule has 1 atom stereocenters. The molecule has 0 bridgehead atoms. The molecule has 1 aliphatic rings. The van der Waals surface area contributed by atoms with Crippen LogP contribution in [0.2, 0.25) is 0 Å². The predicted molar refractivity (Wildman–Crippen MR) is 72.0 cm³/mol. The number of likely N-dealkylation sites (N-methyl/N-ethyl adjacent to an activating group) is 1. The number of methoxy groups -OCH3 is 1. The van der Waals surface area contributed by atoms with Crippen molar-refractivity contribution in [3.05, 3.63) is 23.7 Å². The first-order valence-electron chi connectivity index (χ1n) is 6.80. The lowest BCUT2D eigenvalue weighted by molar-refractivity contribution is 0.0558. The summed E-state index contributed by atoms with van der Waals surface area (Å²) in [7, 11) is 3.34. The summed E-state index contributed by atoms with van der Waals surface area (Å²) in [5.74, 6) is 0.680. The van der Waals surface area contributed by atoms with E-state index < -0.39 is 5.97 Å². The fourth-order valence-corrected chi connectivity index (χ4v) is 2.61. The topological polar surface area (TPSA) is 54.7 Å². The highest BCUT2D eigenvalue weighted by Gasteiger charge is 2.23. The van der Waals surface area contributed by atoms with Crippen molar-refractivity contribution in [1.82, 2.24) is 10.2 Å². The zero-order valence-corrected chi connectivity index (χ0v) is 11.6. The van der Waals surface area contributed by atoms with Gasteiger partial charge in [0.2, 0.25) is 5.76 Å². The van der Waals surface area contributed by atoms with Crippen LogP contribution in [0.1, 0.15) is 35.6 Å². The zero-order chi connectivity index (χ0) is 13.7. The number of rotatable bonds is 5. The molecule has 2 heterocycles. The SMILES string of the molecule is CNCC1CCCCN1Cc1ccc(C(=O)OC)o1. The van der Waals surface area contributed by atoms with Crippen molar-refractivity contribution in [3.63, 3.8) is 0 Å². The minimum absolute atomic E-state index is 0.277. The Bertz CT molecular complexity index is 415. The van der Waals surface area contributed by atoms with E-state index in [0.29, 0.717) is 6.04 Å². The van der Waals surface area contributed by atoms with Gasteiger partial charge in [0.15, 0.2) is 0 Å². The Morgan fingerprint density at radius 2 is 2.37 bits per heavy atom. The number of ether oxygens (including phenoxy) is 1. The summed E-state index contributed by atoms with van der Waals surface area (Å²) in [6.07, 6.45) is 3.73. The van der Waals surface area contributed by atoms with Crippen molar-refractivity contribution in [2.24, 2.45) is 0 Å². The molecular formula is C14H22N2O3. The Balaban J connectivity index is 1.98. The standard InChI is InChI=1S/C14H22N2O3/c1-15-9-11-5-3-4-8-16(11)10-12-6-7-13(19-12)14(17)18-2/h6-7,11,15H,3-5,8-10H2,1-2H3. The van der Waals surface area contributed by atoms with Crippen LogP contribution in [0.4, 0.5) is 0 Å². The number of hydrogen-bond donors (Lipinski definition) is 1. The van der Waals surface area contributed by atoms with E-state index in [9.17, 15) is 4.79 Å². The molecule has 1 aromatic heterocycles. The zero-order valence-electron chi connectivity index (χ0n) is 11.6. The van der Waals surface area contributed by atoms with Gasteiger partial charge in [-0.1, -0.05) is 6.42 Å². The van der Waals surface area contributed by atoms with Crippen LogP contribution in [0.25, 0.3) is 0 Å². The second-order valence-corrected chi connectivity index (χ2v) is 4.94. The van der Waals surface area contributed by atoms with Crippen LogP contribution in [0.5, 0.6) is 0 Å². The van der Waals surface area contributed by atoms with E-state index in [0.717, 1.165) is 25.4 Å². The van der Waals surface area contributed by atoms with E-state index in [1.165, 1.54) is 26.4 Å². The number of nitrogens with zero attached hydrogens (tertiary/aromatic N) is 1. The molecule has 19 heavy (non-hydrogen) atoms. The van der Waals surface area contributed by atoms with Crippen molar-refractivity contribution in [2.75, 3.05) is 27.2 Å². The predicted octanol–water partition coefficient (Wildman–Crippen LogP) is 1.64. The Morgan fingerprint density at radius 1 is 1.53 bits per heavy atom. The average molecular weight is 266 g/mol. The summed E-state index contributed by atoms with van der Waals surface area (Å²) >= 11 is 0. The lowest BCUT2D eigenvalue weighted by atomic mass is 10.0. The molecule has 5 heteroatoms. The minimum atomic E-state index is -0.420. The third-order valence-corrected chi connectivity index (χ3v) is 3.60. The maximum absolute atomic E-state index is 11.3. The van der Waals surface area contributed by atoms with Crippen LogP contribution in [-0.2, 0) is 11.3 Å². The molecule has 2 rings (SSSR count). The number of hydrogen-bond acceptors (Lipinski definition) is 5. The largest absolute Gasteiger partial charge is 0.463 e. The van der Waals surface area contributed by atoms with E-state index in [2.05, 4.69) is 15.0 Å². The van der Waals surface area contributed by atoms with E-state index >= 15 is 0 Å². The number of carbonyl (C=O) groups is 1. The molecule has 106 valence electrons. The van der Waals surface area contributed by atoms with Crippen molar-refractivity contribution in [1.29, 1.82) is 0 Å². The molecule has 0 amide bonds. The number of esters is 1. The Labute approximate surface area is 113 Å². The first-order chi connectivity index (χ1) is 9.24. The van der Waals surface area contributed by atoms with Gasteiger partial charge >= 0.3 is 5.97 Å². The maximum atomic E-state index is 11.3. The summed E-state index contributed by atoms with van der Waals surface area (Å²) in [5, 5.41) is 3.24. The molecular weight excluding hydrogens is 244 g/mol. The highest BCUT2D eigenvalue weighted by Crippen LogP contribution is 2.20. The van der Waals surface area contributed by atoms with Gasteiger partial charge in [-0.05, 0) is 38.6 Å². The first kappa shape index (κ1) is 14.1. The summed E-state index contributed by atoms with van der Waals surface area (Å²) in [5.41, 5.74) is 0. The van der Waals surface area contributed by atoms with Gasteiger partial charge in [0, 0.05) is 12.6 Å². The van der Waals surface area contributed by atoms with Gasteiger partial charge in [-0.3, -0.25) is 4.90 Å². The lowest BCUT2D eigenvalue weighted by Gasteiger charge is -2.35. The summed E-state index contributed by atoms with van der Waals surface area (Å²) in [6, 6.07) is 4.08. The van der Waals surface area contributed by atoms with Crippen molar-refractivity contribution >= 4 is 5.97 Å². The number of likely N-dealkylation sites (tertiary alicyclic amines) is 1. The van der Waals surface area contributed by atoms with Crippen LogP contribution >= 0.6 is 0 Å². The summed E-state index contributed by atoms with van der Waals surface area (Å²) in [6.45, 7) is 2.83.